The van der Waals surface area contributed by atoms with E-state index in [1.54, 1.807) is 0 Å². The van der Waals surface area contributed by atoms with Crippen LogP contribution in [0.3, 0.4) is 0 Å². The van der Waals surface area contributed by atoms with Gasteiger partial charge in [-0.25, -0.2) is 0 Å². The van der Waals surface area contributed by atoms with Crippen molar-refractivity contribution in [1.82, 2.24) is 0 Å². The molecule has 0 heterocycles. The van der Waals surface area contributed by atoms with Gasteiger partial charge in [-0.2, -0.15) is 5.26 Å². The fourth-order valence-corrected chi connectivity index (χ4v) is 1.39. The highest BCUT2D eigenvalue weighted by molar-refractivity contribution is 6.30. The molecule has 4 N–H and O–H groups in total. The van der Waals surface area contributed by atoms with Gasteiger partial charge in [-0.1, -0.05) is 11.6 Å². The number of nitrogens with two attached hydrogens (primary N) is 1. The molecule has 1 amide bonds. The Morgan fingerprint density at radius 3 is 2.62 bits per heavy atom. The minimum absolute atomic E-state index is 0.0706. The van der Waals surface area contributed by atoms with E-state index in [4.69, 9.17) is 22.6 Å². The summed E-state index contributed by atoms with van der Waals surface area (Å²) in [4.78, 5) is 10.7. The summed E-state index contributed by atoms with van der Waals surface area (Å²) in [7, 11) is 0. The van der Waals surface area contributed by atoms with Gasteiger partial charge in [-0.05, 0) is 18.2 Å². The van der Waals surface area contributed by atoms with Crippen molar-refractivity contribution < 1.29 is 15.0 Å². The van der Waals surface area contributed by atoms with E-state index in [9.17, 15) is 15.0 Å². The maximum atomic E-state index is 10.7. The van der Waals surface area contributed by atoms with Crippen LogP contribution in [-0.4, -0.2) is 22.2 Å². The molecule has 0 radical (unpaired) electrons. The number of benzene rings is 1. The highest BCUT2D eigenvalue weighted by atomic mass is 35.5. The molecule has 0 aromatic heterocycles. The number of carbonyl (C=O) groups excluding carboxylic acids is 1. The molecule has 1 rings (SSSR count). The maximum absolute atomic E-state index is 10.7. The summed E-state index contributed by atoms with van der Waals surface area (Å²) in [5.74, 6) is -1.07. The second-order valence-corrected chi connectivity index (χ2v) is 3.57. The quantitative estimate of drug-likeness (QED) is 0.696. The van der Waals surface area contributed by atoms with Crippen molar-refractivity contribution in [3.05, 3.63) is 34.3 Å². The van der Waals surface area contributed by atoms with Crippen LogP contribution in [0.15, 0.2) is 18.2 Å². The monoisotopic (exact) mass is 240 g/mol. The number of aliphatic hydroxyl groups excluding tert-OH is 2. The third-order valence-corrected chi connectivity index (χ3v) is 2.28. The summed E-state index contributed by atoms with van der Waals surface area (Å²) in [5.41, 5.74) is 5.03. The van der Waals surface area contributed by atoms with Crippen LogP contribution in [0.5, 0.6) is 0 Å². The number of nitrogens with zero attached hydrogens (tertiary/aromatic N) is 1. The fourth-order valence-electron chi connectivity index (χ4n) is 1.21. The Morgan fingerprint density at radius 1 is 1.50 bits per heavy atom. The van der Waals surface area contributed by atoms with Gasteiger partial charge in [0, 0.05) is 10.6 Å². The van der Waals surface area contributed by atoms with Crippen molar-refractivity contribution in [2.45, 2.75) is 12.2 Å². The van der Waals surface area contributed by atoms with E-state index in [1.807, 2.05) is 6.07 Å². The van der Waals surface area contributed by atoms with Crippen LogP contribution in [0.4, 0.5) is 0 Å². The zero-order valence-corrected chi connectivity index (χ0v) is 8.85. The van der Waals surface area contributed by atoms with E-state index in [2.05, 4.69) is 0 Å². The topological polar surface area (TPSA) is 107 Å². The van der Waals surface area contributed by atoms with Crippen molar-refractivity contribution in [2.75, 3.05) is 0 Å². The zero-order chi connectivity index (χ0) is 12.3. The molecule has 16 heavy (non-hydrogen) atoms. The lowest BCUT2D eigenvalue weighted by Crippen LogP contribution is -2.34. The van der Waals surface area contributed by atoms with E-state index in [0.717, 1.165) is 0 Å². The molecule has 1 aromatic carbocycles. The van der Waals surface area contributed by atoms with Crippen LogP contribution in [-0.2, 0) is 4.79 Å². The number of amides is 1. The van der Waals surface area contributed by atoms with Crippen LogP contribution in [0.2, 0.25) is 5.02 Å². The normalized spacial score (nSPS) is 13.9. The molecule has 0 saturated heterocycles. The molecule has 6 heteroatoms. The lowest BCUT2D eigenvalue weighted by Gasteiger charge is -2.16. The summed E-state index contributed by atoms with van der Waals surface area (Å²) in [5, 5.41) is 28.0. The Bertz CT molecular complexity index is 456. The number of rotatable bonds is 3. The summed E-state index contributed by atoms with van der Waals surface area (Å²) in [6.45, 7) is 0. The number of nitriles is 1. The SMILES string of the molecule is N#Cc1ccc(Cl)cc1C(O)C(O)C(N)=O. The Balaban J connectivity index is 3.17. The largest absolute Gasteiger partial charge is 0.385 e. The van der Waals surface area contributed by atoms with Crippen molar-refractivity contribution in [3.63, 3.8) is 0 Å². The highest BCUT2D eigenvalue weighted by Gasteiger charge is 2.25. The van der Waals surface area contributed by atoms with Crippen LogP contribution in [0.1, 0.15) is 17.2 Å². The van der Waals surface area contributed by atoms with E-state index in [-0.39, 0.29) is 16.1 Å². The van der Waals surface area contributed by atoms with Gasteiger partial charge >= 0.3 is 0 Å². The standard InChI is InChI=1S/C10H9ClN2O3/c11-6-2-1-5(4-12)7(3-6)8(14)9(15)10(13)16/h1-3,8-9,14-15H,(H2,13,16). The number of hydrogen-bond donors (Lipinski definition) is 3. The summed E-state index contributed by atoms with van der Waals surface area (Å²) < 4.78 is 0. The second-order valence-electron chi connectivity index (χ2n) is 3.14. The molecule has 0 aliphatic heterocycles. The Kier molecular flexibility index (Phi) is 3.85. The first-order valence-electron chi connectivity index (χ1n) is 4.32. The number of primary amides is 1. The van der Waals surface area contributed by atoms with Gasteiger partial charge in [0.25, 0.3) is 0 Å². The molecular weight excluding hydrogens is 232 g/mol. The fraction of sp³-hybridized carbons (Fsp3) is 0.200. The van der Waals surface area contributed by atoms with Crippen molar-refractivity contribution in [2.24, 2.45) is 5.73 Å². The summed E-state index contributed by atoms with van der Waals surface area (Å²) in [6.07, 6.45) is -3.34. The third kappa shape index (κ3) is 2.49. The van der Waals surface area contributed by atoms with Gasteiger partial charge in [0.05, 0.1) is 11.6 Å². The molecule has 1 aromatic rings. The number of halogens is 1. The lowest BCUT2D eigenvalue weighted by atomic mass is 9.99. The van der Waals surface area contributed by atoms with Crippen LogP contribution in [0, 0.1) is 11.3 Å². The molecule has 0 saturated carbocycles. The molecule has 0 aliphatic carbocycles. The smallest absolute Gasteiger partial charge is 0.249 e. The number of aliphatic hydroxyl groups is 2. The maximum Gasteiger partial charge on any atom is 0.249 e. The van der Waals surface area contributed by atoms with E-state index in [1.165, 1.54) is 18.2 Å². The van der Waals surface area contributed by atoms with Gasteiger partial charge in [-0.3, -0.25) is 4.79 Å². The van der Waals surface area contributed by atoms with E-state index in [0.29, 0.717) is 0 Å². The highest BCUT2D eigenvalue weighted by Crippen LogP contribution is 2.24. The summed E-state index contributed by atoms with van der Waals surface area (Å²) in [6, 6.07) is 5.97. The molecule has 84 valence electrons. The predicted octanol–water partition coefficient (Wildman–Crippen LogP) is 0.0913. The summed E-state index contributed by atoms with van der Waals surface area (Å²) >= 11 is 5.68. The number of carbonyl (C=O) groups is 1. The first-order chi connectivity index (χ1) is 7.47. The average Bonchev–Trinajstić information content (AvgIpc) is 2.26. The molecular formula is C10H9ClN2O3. The molecule has 2 unspecified atom stereocenters. The van der Waals surface area contributed by atoms with E-state index >= 15 is 0 Å². The Hall–Kier alpha value is -1.61. The second kappa shape index (κ2) is 4.94. The predicted molar refractivity (Wildman–Crippen MR) is 56.3 cm³/mol. The number of hydrogen-bond acceptors (Lipinski definition) is 4. The van der Waals surface area contributed by atoms with Gasteiger partial charge in [-0.15, -0.1) is 0 Å². The lowest BCUT2D eigenvalue weighted by molar-refractivity contribution is -0.131. The molecule has 0 bridgehead atoms. The van der Waals surface area contributed by atoms with Gasteiger partial charge in [0.15, 0.2) is 6.10 Å². The van der Waals surface area contributed by atoms with Crippen molar-refractivity contribution >= 4 is 17.5 Å². The first kappa shape index (κ1) is 12.5. The molecule has 2 atom stereocenters. The third-order valence-electron chi connectivity index (χ3n) is 2.04. The van der Waals surface area contributed by atoms with E-state index < -0.39 is 18.1 Å². The van der Waals surface area contributed by atoms with Gasteiger partial charge in [0.2, 0.25) is 5.91 Å². The molecule has 0 fully saturated rings. The van der Waals surface area contributed by atoms with Gasteiger partial charge < -0.3 is 15.9 Å². The van der Waals surface area contributed by atoms with Crippen LogP contribution >= 0.6 is 11.6 Å². The minimum Gasteiger partial charge on any atom is -0.385 e. The Morgan fingerprint density at radius 2 is 2.12 bits per heavy atom. The average molecular weight is 241 g/mol. The van der Waals surface area contributed by atoms with Crippen LogP contribution in [0.25, 0.3) is 0 Å². The zero-order valence-electron chi connectivity index (χ0n) is 8.09. The Labute approximate surface area is 96.7 Å². The van der Waals surface area contributed by atoms with Gasteiger partial charge in [0.1, 0.15) is 6.10 Å². The van der Waals surface area contributed by atoms with Crippen molar-refractivity contribution in [1.29, 1.82) is 5.26 Å². The molecule has 5 nitrogen and oxygen atoms in total. The molecule has 0 aliphatic rings. The first-order valence-corrected chi connectivity index (χ1v) is 4.70. The minimum atomic E-state index is -1.77. The molecule has 0 spiro atoms. The van der Waals surface area contributed by atoms with Crippen LogP contribution < -0.4 is 5.73 Å². The van der Waals surface area contributed by atoms with Crippen molar-refractivity contribution in [3.8, 4) is 6.07 Å².